The maximum Gasteiger partial charge on any atom is 0.419 e. The Kier molecular flexibility index (Phi) is 3.41. The number of aromatic nitrogens is 1. The van der Waals surface area contributed by atoms with Gasteiger partial charge >= 0.3 is 5.76 Å². The van der Waals surface area contributed by atoms with Crippen molar-refractivity contribution < 1.29 is 13.2 Å². The summed E-state index contributed by atoms with van der Waals surface area (Å²) in [5.74, 6) is -2.23. The first-order valence-electron chi connectivity index (χ1n) is 6.16. The van der Waals surface area contributed by atoms with Crippen LogP contribution in [-0.2, 0) is 7.05 Å². The Labute approximate surface area is 126 Å². The van der Waals surface area contributed by atoms with E-state index in [4.69, 9.17) is 4.42 Å². The molecule has 1 aromatic heterocycles. The second kappa shape index (κ2) is 5.11. The number of halogens is 3. The van der Waals surface area contributed by atoms with Gasteiger partial charge in [-0.2, -0.15) is 0 Å². The highest BCUT2D eigenvalue weighted by Gasteiger charge is 2.15. The number of oxazole rings is 1. The monoisotopic (exact) mass is 353 g/mol. The predicted octanol–water partition coefficient (Wildman–Crippen LogP) is 3.89. The number of alkyl halides is 1. The Balaban J connectivity index is 2.06. The lowest BCUT2D eigenvalue weighted by Gasteiger charge is -2.11. The van der Waals surface area contributed by atoms with Gasteiger partial charge in [0.25, 0.3) is 0 Å². The standard InChI is InChI=1S/C15H10BrF2NO2/c1-19-12-5-3-9(7-13(12)21-15(19)20)14(16)8-2-4-10(17)11(18)6-8/h2-7,14H,1H3. The third kappa shape index (κ3) is 2.40. The van der Waals surface area contributed by atoms with Gasteiger partial charge in [-0.15, -0.1) is 0 Å². The van der Waals surface area contributed by atoms with E-state index in [0.29, 0.717) is 16.7 Å². The van der Waals surface area contributed by atoms with Gasteiger partial charge in [0.15, 0.2) is 17.2 Å². The van der Waals surface area contributed by atoms with Gasteiger partial charge in [0, 0.05) is 7.05 Å². The van der Waals surface area contributed by atoms with Crippen molar-refractivity contribution in [1.82, 2.24) is 4.57 Å². The van der Waals surface area contributed by atoms with Crippen molar-refractivity contribution >= 4 is 27.0 Å². The van der Waals surface area contributed by atoms with Crippen LogP contribution in [0.4, 0.5) is 8.78 Å². The third-order valence-corrected chi connectivity index (χ3v) is 4.40. The zero-order valence-corrected chi connectivity index (χ0v) is 12.5. The summed E-state index contributed by atoms with van der Waals surface area (Å²) in [4.78, 5) is 11.1. The molecule has 0 saturated carbocycles. The number of rotatable bonds is 2. The minimum Gasteiger partial charge on any atom is -0.408 e. The maximum absolute atomic E-state index is 13.3. The predicted molar refractivity (Wildman–Crippen MR) is 78.6 cm³/mol. The van der Waals surface area contributed by atoms with E-state index < -0.39 is 17.4 Å². The molecule has 0 bridgehead atoms. The van der Waals surface area contributed by atoms with Crippen molar-refractivity contribution in [2.24, 2.45) is 7.05 Å². The first-order valence-corrected chi connectivity index (χ1v) is 7.07. The van der Waals surface area contributed by atoms with Crippen LogP contribution in [0.5, 0.6) is 0 Å². The molecule has 108 valence electrons. The van der Waals surface area contributed by atoms with Crippen LogP contribution in [0.15, 0.2) is 45.6 Å². The molecule has 3 aromatic rings. The Hall–Kier alpha value is -1.95. The van der Waals surface area contributed by atoms with Crippen molar-refractivity contribution in [3.05, 3.63) is 69.7 Å². The fraction of sp³-hybridized carbons (Fsp3) is 0.133. The molecular formula is C15H10BrF2NO2. The van der Waals surface area contributed by atoms with E-state index in [0.717, 1.165) is 17.7 Å². The van der Waals surface area contributed by atoms with E-state index in [2.05, 4.69) is 15.9 Å². The highest BCUT2D eigenvalue weighted by Crippen LogP contribution is 2.32. The summed E-state index contributed by atoms with van der Waals surface area (Å²) in [6, 6.07) is 8.99. The van der Waals surface area contributed by atoms with Crippen molar-refractivity contribution in [3.63, 3.8) is 0 Å². The Morgan fingerprint density at radius 3 is 2.48 bits per heavy atom. The van der Waals surface area contributed by atoms with Crippen LogP contribution in [-0.4, -0.2) is 4.57 Å². The van der Waals surface area contributed by atoms with Crippen LogP contribution < -0.4 is 5.76 Å². The summed E-state index contributed by atoms with van der Waals surface area (Å²) in [7, 11) is 1.62. The van der Waals surface area contributed by atoms with Gasteiger partial charge in [-0.1, -0.05) is 28.1 Å². The summed E-state index contributed by atoms with van der Waals surface area (Å²) < 4.78 is 32.8. The molecule has 0 saturated heterocycles. The molecule has 0 aliphatic rings. The fourth-order valence-corrected chi connectivity index (χ4v) is 2.74. The molecule has 1 unspecified atom stereocenters. The van der Waals surface area contributed by atoms with Gasteiger partial charge in [0.2, 0.25) is 0 Å². The van der Waals surface area contributed by atoms with Crippen LogP contribution in [0.1, 0.15) is 16.0 Å². The zero-order chi connectivity index (χ0) is 15.1. The van der Waals surface area contributed by atoms with Gasteiger partial charge in [0.1, 0.15) is 0 Å². The molecule has 3 rings (SSSR count). The minimum absolute atomic E-state index is 0.331. The molecule has 0 aliphatic heterocycles. The van der Waals surface area contributed by atoms with Gasteiger partial charge in [-0.05, 0) is 35.4 Å². The lowest BCUT2D eigenvalue weighted by Crippen LogP contribution is -2.08. The van der Waals surface area contributed by atoms with Crippen LogP contribution in [0.3, 0.4) is 0 Å². The number of hydrogen-bond acceptors (Lipinski definition) is 2. The van der Waals surface area contributed by atoms with Crippen molar-refractivity contribution in [1.29, 1.82) is 0 Å². The largest absolute Gasteiger partial charge is 0.419 e. The molecule has 0 N–H and O–H groups in total. The molecule has 0 spiro atoms. The van der Waals surface area contributed by atoms with Gasteiger partial charge in [-0.3, -0.25) is 4.57 Å². The fourth-order valence-electron chi connectivity index (χ4n) is 2.17. The van der Waals surface area contributed by atoms with E-state index in [9.17, 15) is 13.6 Å². The summed E-state index contributed by atoms with van der Waals surface area (Å²) in [6.07, 6.45) is 0. The first-order chi connectivity index (χ1) is 9.97. The summed E-state index contributed by atoms with van der Waals surface area (Å²) >= 11 is 3.45. The number of fused-ring (bicyclic) bond motifs is 1. The second-order valence-corrected chi connectivity index (χ2v) is 5.61. The van der Waals surface area contributed by atoms with E-state index in [1.165, 1.54) is 10.6 Å². The van der Waals surface area contributed by atoms with Crippen LogP contribution in [0, 0.1) is 11.6 Å². The van der Waals surface area contributed by atoms with E-state index in [-0.39, 0.29) is 4.83 Å². The maximum atomic E-state index is 13.3. The third-order valence-electron chi connectivity index (χ3n) is 3.35. The summed E-state index contributed by atoms with van der Waals surface area (Å²) in [5.41, 5.74) is 2.48. The van der Waals surface area contributed by atoms with Crippen molar-refractivity contribution in [2.75, 3.05) is 0 Å². The average molecular weight is 354 g/mol. The number of aryl methyl sites for hydroxylation is 1. The smallest absolute Gasteiger partial charge is 0.408 e. The Bertz CT molecular complexity index is 885. The van der Waals surface area contributed by atoms with Gasteiger partial charge in [-0.25, -0.2) is 13.6 Å². The summed E-state index contributed by atoms with van der Waals surface area (Å²) in [6.45, 7) is 0. The highest BCUT2D eigenvalue weighted by molar-refractivity contribution is 9.09. The minimum atomic E-state index is -0.899. The average Bonchev–Trinajstić information content (AvgIpc) is 2.76. The lowest BCUT2D eigenvalue weighted by atomic mass is 10.0. The molecule has 0 amide bonds. The van der Waals surface area contributed by atoms with Gasteiger partial charge < -0.3 is 4.42 Å². The Morgan fingerprint density at radius 1 is 1.10 bits per heavy atom. The number of benzene rings is 2. The topological polar surface area (TPSA) is 35.1 Å². The van der Waals surface area contributed by atoms with E-state index >= 15 is 0 Å². The quantitative estimate of drug-likeness (QED) is 0.655. The highest BCUT2D eigenvalue weighted by atomic mass is 79.9. The van der Waals surface area contributed by atoms with Crippen LogP contribution in [0.25, 0.3) is 11.1 Å². The SMILES string of the molecule is Cn1c(=O)oc2cc(C(Br)c3ccc(F)c(F)c3)ccc21. The first kappa shape index (κ1) is 14.0. The second-order valence-electron chi connectivity index (χ2n) is 4.69. The molecule has 1 heterocycles. The van der Waals surface area contributed by atoms with Crippen molar-refractivity contribution in [2.45, 2.75) is 4.83 Å². The van der Waals surface area contributed by atoms with E-state index in [1.54, 1.807) is 25.2 Å². The van der Waals surface area contributed by atoms with E-state index in [1.807, 2.05) is 0 Å². The molecule has 0 aliphatic carbocycles. The molecule has 6 heteroatoms. The molecular weight excluding hydrogens is 344 g/mol. The Morgan fingerprint density at radius 2 is 1.76 bits per heavy atom. The van der Waals surface area contributed by atoms with Crippen molar-refractivity contribution in [3.8, 4) is 0 Å². The molecule has 0 radical (unpaired) electrons. The molecule has 3 nitrogen and oxygen atoms in total. The molecule has 0 fully saturated rings. The van der Waals surface area contributed by atoms with Crippen LogP contribution in [0.2, 0.25) is 0 Å². The summed E-state index contributed by atoms with van der Waals surface area (Å²) in [5, 5.41) is 0. The number of nitrogens with zero attached hydrogens (tertiary/aromatic N) is 1. The van der Waals surface area contributed by atoms with Crippen LogP contribution >= 0.6 is 15.9 Å². The normalized spacial score (nSPS) is 12.8. The number of hydrogen-bond donors (Lipinski definition) is 0. The van der Waals surface area contributed by atoms with Gasteiger partial charge in [0.05, 0.1) is 10.3 Å². The zero-order valence-electron chi connectivity index (χ0n) is 10.9. The molecule has 1 atom stereocenters. The molecule has 2 aromatic carbocycles. The molecule has 21 heavy (non-hydrogen) atoms. The lowest BCUT2D eigenvalue weighted by molar-refractivity contribution is 0.507.